The van der Waals surface area contributed by atoms with Gasteiger partial charge in [0.25, 0.3) is 0 Å². The van der Waals surface area contributed by atoms with Crippen LogP contribution in [0.1, 0.15) is 50.3 Å². The molecule has 150 valence electrons. The van der Waals surface area contributed by atoms with Crippen molar-refractivity contribution in [2.24, 2.45) is 5.92 Å². The SMILES string of the molecule is CC(C)CN1CCc2ccc(-c3ccc(CCN4CCC[C@H]4C)cc3)cc2C1. The molecule has 2 aliphatic heterocycles. The summed E-state index contributed by atoms with van der Waals surface area (Å²) in [4.78, 5) is 5.25. The van der Waals surface area contributed by atoms with Gasteiger partial charge in [0.05, 0.1) is 0 Å². The lowest BCUT2D eigenvalue weighted by atomic mass is 9.94. The third kappa shape index (κ3) is 4.67. The van der Waals surface area contributed by atoms with E-state index < -0.39 is 0 Å². The fourth-order valence-corrected chi connectivity index (χ4v) is 4.93. The highest BCUT2D eigenvalue weighted by atomic mass is 15.2. The summed E-state index contributed by atoms with van der Waals surface area (Å²) < 4.78 is 0. The third-order valence-electron chi connectivity index (χ3n) is 6.59. The van der Waals surface area contributed by atoms with Gasteiger partial charge in [-0.25, -0.2) is 0 Å². The van der Waals surface area contributed by atoms with Crippen LogP contribution in [0.15, 0.2) is 42.5 Å². The molecule has 0 bridgehead atoms. The molecule has 4 rings (SSSR count). The minimum Gasteiger partial charge on any atom is -0.300 e. The lowest BCUT2D eigenvalue weighted by molar-refractivity contribution is 0.226. The number of benzene rings is 2. The molecule has 2 aromatic carbocycles. The van der Waals surface area contributed by atoms with Gasteiger partial charge in [0.15, 0.2) is 0 Å². The molecule has 1 atom stereocenters. The second-order valence-electron chi connectivity index (χ2n) is 9.34. The molecule has 0 spiro atoms. The number of likely N-dealkylation sites (tertiary alicyclic amines) is 1. The van der Waals surface area contributed by atoms with Crippen molar-refractivity contribution in [1.29, 1.82) is 0 Å². The number of rotatable bonds is 6. The minimum absolute atomic E-state index is 0.737. The van der Waals surface area contributed by atoms with Crippen LogP contribution in [-0.2, 0) is 19.4 Å². The van der Waals surface area contributed by atoms with E-state index in [1.54, 1.807) is 5.56 Å². The van der Waals surface area contributed by atoms with Crippen LogP contribution in [0.2, 0.25) is 0 Å². The topological polar surface area (TPSA) is 6.48 Å². The van der Waals surface area contributed by atoms with Gasteiger partial charge >= 0.3 is 0 Å². The van der Waals surface area contributed by atoms with Crippen LogP contribution in [-0.4, -0.2) is 42.0 Å². The van der Waals surface area contributed by atoms with Gasteiger partial charge in [-0.1, -0.05) is 50.2 Å². The normalized spacial score (nSPS) is 20.6. The van der Waals surface area contributed by atoms with E-state index in [2.05, 4.69) is 73.0 Å². The van der Waals surface area contributed by atoms with Crippen LogP contribution < -0.4 is 0 Å². The first-order valence-corrected chi connectivity index (χ1v) is 11.3. The molecule has 28 heavy (non-hydrogen) atoms. The van der Waals surface area contributed by atoms with Gasteiger partial charge in [-0.05, 0) is 79.0 Å². The first kappa shape index (κ1) is 19.7. The van der Waals surface area contributed by atoms with Crippen LogP contribution in [0.3, 0.4) is 0 Å². The van der Waals surface area contributed by atoms with E-state index in [0.29, 0.717) is 0 Å². The smallest absolute Gasteiger partial charge is 0.0236 e. The van der Waals surface area contributed by atoms with Gasteiger partial charge in [-0.2, -0.15) is 0 Å². The second kappa shape index (κ2) is 8.80. The number of hydrogen-bond donors (Lipinski definition) is 0. The quantitative estimate of drug-likeness (QED) is 0.666. The predicted octanol–water partition coefficient (Wildman–Crippen LogP) is 5.39. The van der Waals surface area contributed by atoms with Crippen molar-refractivity contribution >= 4 is 0 Å². The van der Waals surface area contributed by atoms with Gasteiger partial charge in [-0.15, -0.1) is 0 Å². The van der Waals surface area contributed by atoms with E-state index in [1.807, 2.05) is 0 Å². The Bertz CT molecular complexity index is 778. The fourth-order valence-electron chi connectivity index (χ4n) is 4.93. The Labute approximate surface area is 171 Å². The average Bonchev–Trinajstić information content (AvgIpc) is 3.10. The van der Waals surface area contributed by atoms with Crippen molar-refractivity contribution in [3.05, 3.63) is 59.2 Å². The molecule has 2 aliphatic rings. The Morgan fingerprint density at radius 1 is 0.964 bits per heavy atom. The maximum Gasteiger partial charge on any atom is 0.0236 e. The monoisotopic (exact) mass is 376 g/mol. The summed E-state index contributed by atoms with van der Waals surface area (Å²) in [6.45, 7) is 13.0. The van der Waals surface area contributed by atoms with Crippen molar-refractivity contribution < 1.29 is 0 Å². The molecule has 2 nitrogen and oxygen atoms in total. The van der Waals surface area contributed by atoms with Gasteiger partial charge in [0, 0.05) is 32.2 Å². The van der Waals surface area contributed by atoms with Crippen molar-refractivity contribution in [3.63, 3.8) is 0 Å². The maximum absolute atomic E-state index is 2.64. The first-order valence-electron chi connectivity index (χ1n) is 11.3. The summed E-state index contributed by atoms with van der Waals surface area (Å²) in [5.41, 5.74) is 7.24. The van der Waals surface area contributed by atoms with Gasteiger partial charge in [-0.3, -0.25) is 4.90 Å². The number of nitrogens with zero attached hydrogens (tertiary/aromatic N) is 2. The predicted molar refractivity (Wildman–Crippen MR) is 120 cm³/mol. The summed E-state index contributed by atoms with van der Waals surface area (Å²) in [7, 11) is 0. The molecular formula is C26H36N2. The van der Waals surface area contributed by atoms with Crippen LogP contribution in [0.25, 0.3) is 11.1 Å². The van der Waals surface area contributed by atoms with Crippen LogP contribution in [0.4, 0.5) is 0 Å². The van der Waals surface area contributed by atoms with Gasteiger partial charge in [0.1, 0.15) is 0 Å². The summed E-state index contributed by atoms with van der Waals surface area (Å²) in [6.07, 6.45) is 5.09. The Hall–Kier alpha value is -1.64. The van der Waals surface area contributed by atoms with Crippen molar-refractivity contribution in [2.45, 2.75) is 59.0 Å². The Balaban J connectivity index is 1.41. The molecule has 2 aromatic rings. The van der Waals surface area contributed by atoms with E-state index in [0.717, 1.165) is 18.5 Å². The Kier molecular flexibility index (Phi) is 6.18. The molecule has 0 aromatic heterocycles. The number of fused-ring (bicyclic) bond motifs is 1. The Morgan fingerprint density at radius 3 is 2.46 bits per heavy atom. The van der Waals surface area contributed by atoms with Crippen molar-refractivity contribution in [3.8, 4) is 11.1 Å². The highest BCUT2D eigenvalue weighted by molar-refractivity contribution is 5.65. The van der Waals surface area contributed by atoms with Crippen LogP contribution in [0.5, 0.6) is 0 Å². The summed E-state index contributed by atoms with van der Waals surface area (Å²) in [5.74, 6) is 0.737. The molecule has 2 heterocycles. The van der Waals surface area contributed by atoms with E-state index in [4.69, 9.17) is 0 Å². The first-order chi connectivity index (χ1) is 13.6. The molecule has 0 N–H and O–H groups in total. The summed E-state index contributed by atoms with van der Waals surface area (Å²) in [5, 5.41) is 0. The lowest BCUT2D eigenvalue weighted by Gasteiger charge is -2.30. The zero-order valence-electron chi connectivity index (χ0n) is 18.0. The molecule has 0 amide bonds. The zero-order valence-corrected chi connectivity index (χ0v) is 18.0. The van der Waals surface area contributed by atoms with Gasteiger partial charge in [0.2, 0.25) is 0 Å². The fraction of sp³-hybridized carbons (Fsp3) is 0.538. The second-order valence-corrected chi connectivity index (χ2v) is 9.34. The Morgan fingerprint density at radius 2 is 1.75 bits per heavy atom. The molecule has 1 fully saturated rings. The molecule has 1 saturated heterocycles. The van der Waals surface area contributed by atoms with Crippen LogP contribution >= 0.6 is 0 Å². The zero-order chi connectivity index (χ0) is 19.5. The standard InChI is InChI=1S/C26H36N2/c1-20(2)18-27-15-13-24-10-11-25(17-26(24)19-27)23-8-6-22(7-9-23)12-16-28-14-4-5-21(28)3/h6-11,17,20-21H,4-5,12-16,18-19H2,1-3H3/t21-/m1/s1. The highest BCUT2D eigenvalue weighted by Gasteiger charge is 2.19. The van der Waals surface area contributed by atoms with E-state index in [1.165, 1.54) is 74.1 Å². The van der Waals surface area contributed by atoms with Gasteiger partial charge < -0.3 is 4.90 Å². The number of hydrogen-bond acceptors (Lipinski definition) is 2. The van der Waals surface area contributed by atoms with E-state index in [-0.39, 0.29) is 0 Å². The minimum atomic E-state index is 0.737. The molecular weight excluding hydrogens is 340 g/mol. The molecule has 0 saturated carbocycles. The molecule has 0 aliphatic carbocycles. The maximum atomic E-state index is 2.64. The third-order valence-corrected chi connectivity index (χ3v) is 6.59. The highest BCUT2D eigenvalue weighted by Crippen LogP contribution is 2.27. The molecule has 0 radical (unpaired) electrons. The summed E-state index contributed by atoms with van der Waals surface area (Å²) in [6, 6.07) is 17.2. The average molecular weight is 377 g/mol. The largest absolute Gasteiger partial charge is 0.300 e. The van der Waals surface area contributed by atoms with E-state index >= 15 is 0 Å². The van der Waals surface area contributed by atoms with Crippen LogP contribution in [0, 0.1) is 5.92 Å². The lowest BCUT2D eigenvalue weighted by Crippen LogP contribution is -2.33. The molecule has 2 heteroatoms. The molecule has 0 unspecified atom stereocenters. The van der Waals surface area contributed by atoms with Crippen molar-refractivity contribution in [1.82, 2.24) is 9.80 Å². The van der Waals surface area contributed by atoms with Crippen molar-refractivity contribution in [2.75, 3.05) is 26.2 Å². The van der Waals surface area contributed by atoms with E-state index in [9.17, 15) is 0 Å². The summed E-state index contributed by atoms with van der Waals surface area (Å²) >= 11 is 0.